The fourth-order valence-corrected chi connectivity index (χ4v) is 1.87. The van der Waals surface area contributed by atoms with E-state index in [0.717, 1.165) is 22.8 Å². The van der Waals surface area contributed by atoms with Crippen LogP contribution in [0.2, 0.25) is 0 Å². The van der Waals surface area contributed by atoms with Crippen LogP contribution in [0.3, 0.4) is 0 Å². The minimum absolute atomic E-state index is 0.0494. The van der Waals surface area contributed by atoms with Gasteiger partial charge in [-0.25, -0.2) is 0 Å². The SMILES string of the molecule is CCOc1ccc(Nc2ccc(NC(=O)CCl)cc2)cc1. The molecule has 2 aromatic carbocycles. The fraction of sp³-hybridized carbons (Fsp3) is 0.188. The molecular weight excluding hydrogens is 288 g/mol. The van der Waals surface area contributed by atoms with E-state index < -0.39 is 0 Å². The quantitative estimate of drug-likeness (QED) is 0.793. The molecule has 0 bridgehead atoms. The van der Waals surface area contributed by atoms with E-state index in [9.17, 15) is 4.79 Å². The highest BCUT2D eigenvalue weighted by Gasteiger charge is 2.00. The van der Waals surface area contributed by atoms with Gasteiger partial charge in [-0.3, -0.25) is 4.79 Å². The summed E-state index contributed by atoms with van der Waals surface area (Å²) >= 11 is 5.44. The van der Waals surface area contributed by atoms with Gasteiger partial charge in [0.2, 0.25) is 5.91 Å². The maximum atomic E-state index is 11.2. The largest absolute Gasteiger partial charge is 0.494 e. The Morgan fingerprint density at radius 2 is 1.52 bits per heavy atom. The molecule has 0 aliphatic carbocycles. The van der Waals surface area contributed by atoms with Crippen LogP contribution in [0.25, 0.3) is 0 Å². The average Bonchev–Trinajstić information content (AvgIpc) is 2.51. The highest BCUT2D eigenvalue weighted by atomic mass is 35.5. The first-order valence-corrected chi connectivity index (χ1v) is 7.20. The van der Waals surface area contributed by atoms with Crippen LogP contribution in [-0.2, 0) is 4.79 Å². The second kappa shape index (κ2) is 7.55. The predicted molar refractivity (Wildman–Crippen MR) is 86.7 cm³/mol. The highest BCUT2D eigenvalue weighted by Crippen LogP contribution is 2.21. The van der Waals surface area contributed by atoms with Crippen LogP contribution in [0.5, 0.6) is 5.75 Å². The molecule has 110 valence electrons. The molecule has 21 heavy (non-hydrogen) atoms. The van der Waals surface area contributed by atoms with Crippen molar-refractivity contribution in [2.75, 3.05) is 23.1 Å². The number of halogens is 1. The zero-order valence-corrected chi connectivity index (χ0v) is 12.5. The third-order valence-corrected chi connectivity index (χ3v) is 2.99. The second-order valence-corrected chi connectivity index (χ2v) is 4.61. The summed E-state index contributed by atoms with van der Waals surface area (Å²) in [7, 11) is 0. The number of hydrogen-bond donors (Lipinski definition) is 2. The summed E-state index contributed by atoms with van der Waals surface area (Å²) in [5, 5.41) is 5.96. The number of amides is 1. The lowest BCUT2D eigenvalue weighted by molar-refractivity contribution is -0.113. The first-order valence-electron chi connectivity index (χ1n) is 6.67. The Hall–Kier alpha value is -2.20. The second-order valence-electron chi connectivity index (χ2n) is 4.34. The number of hydrogen-bond acceptors (Lipinski definition) is 3. The molecule has 4 nitrogen and oxygen atoms in total. The third kappa shape index (κ3) is 4.68. The Morgan fingerprint density at radius 1 is 1.00 bits per heavy atom. The highest BCUT2D eigenvalue weighted by molar-refractivity contribution is 6.29. The summed E-state index contributed by atoms with van der Waals surface area (Å²) in [5.41, 5.74) is 2.62. The Morgan fingerprint density at radius 3 is 2.05 bits per heavy atom. The van der Waals surface area contributed by atoms with Gasteiger partial charge in [-0.15, -0.1) is 11.6 Å². The smallest absolute Gasteiger partial charge is 0.239 e. The molecule has 2 aromatic rings. The van der Waals surface area contributed by atoms with Gasteiger partial charge >= 0.3 is 0 Å². The van der Waals surface area contributed by atoms with Gasteiger partial charge in [-0.05, 0) is 55.5 Å². The Kier molecular flexibility index (Phi) is 5.46. The van der Waals surface area contributed by atoms with E-state index in [1.807, 2.05) is 55.5 Å². The molecule has 0 atom stereocenters. The summed E-state index contributed by atoms with van der Waals surface area (Å²) < 4.78 is 5.40. The molecule has 0 heterocycles. The van der Waals surface area contributed by atoms with Crippen molar-refractivity contribution in [1.29, 1.82) is 0 Å². The van der Waals surface area contributed by atoms with Gasteiger partial charge in [-0.2, -0.15) is 0 Å². The van der Waals surface area contributed by atoms with Crippen LogP contribution in [0.15, 0.2) is 48.5 Å². The first kappa shape index (κ1) is 15.2. The van der Waals surface area contributed by atoms with Crippen molar-refractivity contribution < 1.29 is 9.53 Å². The number of carbonyl (C=O) groups is 1. The molecule has 0 fully saturated rings. The lowest BCUT2D eigenvalue weighted by atomic mass is 10.2. The molecule has 0 aromatic heterocycles. The summed E-state index contributed by atoms with van der Waals surface area (Å²) in [6.45, 7) is 2.61. The number of carbonyl (C=O) groups excluding carboxylic acids is 1. The molecule has 5 heteroatoms. The maximum absolute atomic E-state index is 11.2. The fourth-order valence-electron chi connectivity index (χ4n) is 1.80. The van der Waals surface area contributed by atoms with Gasteiger partial charge in [0, 0.05) is 17.1 Å². The van der Waals surface area contributed by atoms with Gasteiger partial charge in [0.15, 0.2) is 0 Å². The van der Waals surface area contributed by atoms with Gasteiger partial charge in [-0.1, -0.05) is 0 Å². The molecule has 0 saturated carbocycles. The summed E-state index contributed by atoms with van der Waals surface area (Å²) in [4.78, 5) is 11.2. The minimum Gasteiger partial charge on any atom is -0.494 e. The molecule has 0 radical (unpaired) electrons. The topological polar surface area (TPSA) is 50.4 Å². The minimum atomic E-state index is -0.219. The van der Waals surface area contributed by atoms with Crippen LogP contribution in [0, 0.1) is 0 Å². The number of rotatable bonds is 6. The molecule has 0 aliphatic heterocycles. The zero-order chi connectivity index (χ0) is 15.1. The molecule has 2 rings (SSSR count). The number of nitrogens with one attached hydrogen (secondary N) is 2. The van der Waals surface area contributed by atoms with Crippen LogP contribution in [0.1, 0.15) is 6.92 Å². The van der Waals surface area contributed by atoms with Crippen molar-refractivity contribution >= 4 is 34.6 Å². The van der Waals surface area contributed by atoms with Crippen molar-refractivity contribution in [1.82, 2.24) is 0 Å². The van der Waals surface area contributed by atoms with E-state index in [0.29, 0.717) is 6.61 Å². The number of alkyl halides is 1. The molecule has 0 saturated heterocycles. The van der Waals surface area contributed by atoms with Crippen LogP contribution in [0.4, 0.5) is 17.1 Å². The van der Waals surface area contributed by atoms with Gasteiger partial charge < -0.3 is 15.4 Å². The predicted octanol–water partition coefficient (Wildman–Crippen LogP) is 4.01. The standard InChI is InChI=1S/C16H17ClN2O2/c1-2-21-15-9-7-13(8-10-15)18-12-3-5-14(6-4-12)19-16(20)11-17/h3-10,18H,2,11H2,1H3,(H,19,20). The maximum Gasteiger partial charge on any atom is 0.239 e. The van der Waals surface area contributed by atoms with Crippen LogP contribution < -0.4 is 15.4 Å². The zero-order valence-electron chi connectivity index (χ0n) is 11.7. The number of benzene rings is 2. The third-order valence-electron chi connectivity index (χ3n) is 2.74. The normalized spacial score (nSPS) is 10.0. The van der Waals surface area contributed by atoms with Crippen LogP contribution in [-0.4, -0.2) is 18.4 Å². The molecule has 0 aliphatic rings. The molecule has 0 spiro atoms. The number of anilines is 3. The van der Waals surface area contributed by atoms with Crippen molar-refractivity contribution in [3.05, 3.63) is 48.5 Å². The summed E-state index contributed by atoms with van der Waals surface area (Å²) in [6, 6.07) is 15.2. The monoisotopic (exact) mass is 304 g/mol. The van der Waals surface area contributed by atoms with Gasteiger partial charge in [0.1, 0.15) is 11.6 Å². The van der Waals surface area contributed by atoms with Crippen LogP contribution >= 0.6 is 11.6 Å². The summed E-state index contributed by atoms with van der Waals surface area (Å²) in [6.07, 6.45) is 0. The summed E-state index contributed by atoms with van der Waals surface area (Å²) in [5.74, 6) is 0.581. The average molecular weight is 305 g/mol. The Bertz CT molecular complexity index is 582. The van der Waals surface area contributed by atoms with E-state index in [4.69, 9.17) is 16.3 Å². The lowest BCUT2D eigenvalue weighted by Crippen LogP contribution is -2.12. The van der Waals surface area contributed by atoms with Crippen molar-refractivity contribution in [2.45, 2.75) is 6.92 Å². The van der Waals surface area contributed by atoms with Crippen molar-refractivity contribution in [3.63, 3.8) is 0 Å². The van der Waals surface area contributed by atoms with Gasteiger partial charge in [0.25, 0.3) is 0 Å². The Labute approximate surface area is 129 Å². The molecule has 1 amide bonds. The van der Waals surface area contributed by atoms with Crippen molar-refractivity contribution in [3.8, 4) is 5.75 Å². The number of ether oxygens (including phenoxy) is 1. The van der Waals surface area contributed by atoms with E-state index in [1.54, 1.807) is 0 Å². The van der Waals surface area contributed by atoms with Gasteiger partial charge in [0.05, 0.1) is 6.61 Å². The van der Waals surface area contributed by atoms with E-state index in [1.165, 1.54) is 0 Å². The van der Waals surface area contributed by atoms with Crippen molar-refractivity contribution in [2.24, 2.45) is 0 Å². The van der Waals surface area contributed by atoms with E-state index in [-0.39, 0.29) is 11.8 Å². The molecular formula is C16H17ClN2O2. The van der Waals surface area contributed by atoms with E-state index >= 15 is 0 Å². The molecule has 2 N–H and O–H groups in total. The van der Waals surface area contributed by atoms with E-state index in [2.05, 4.69) is 10.6 Å². The Balaban J connectivity index is 1.97. The molecule has 0 unspecified atom stereocenters. The lowest BCUT2D eigenvalue weighted by Gasteiger charge is -2.09. The first-order chi connectivity index (χ1) is 10.2.